The highest BCUT2D eigenvalue weighted by Crippen LogP contribution is 1.96. The summed E-state index contributed by atoms with van der Waals surface area (Å²) in [6.07, 6.45) is 2.42. The number of nitrogens with one attached hydrogen (secondary N) is 1. The van der Waals surface area contributed by atoms with Crippen LogP contribution in [0.2, 0.25) is 0 Å². The molecule has 0 aliphatic carbocycles. The second kappa shape index (κ2) is 5.96. The average Bonchev–Trinajstić information content (AvgIpc) is 2.00. The van der Waals surface area contributed by atoms with E-state index in [0.717, 1.165) is 6.42 Å². The minimum absolute atomic E-state index is 0.0601. The molecule has 0 heterocycles. The fraction of sp³-hybridized carbons (Fsp3) is 0.833. The standard InChI is InChI=1S/C6H16N4OS/c1-5(3-4-12(2)11)9-6(7)10-8/h5H,3-4,8H2,1-2H3,(H3,7,9,10). The van der Waals surface area contributed by atoms with E-state index >= 15 is 0 Å². The largest absolute Gasteiger partial charge is 0.369 e. The SMILES string of the molecule is CC(CCS(C)=O)N=C(N)NN. The van der Waals surface area contributed by atoms with Crippen molar-refractivity contribution in [2.24, 2.45) is 16.6 Å². The van der Waals surface area contributed by atoms with Gasteiger partial charge in [-0.1, -0.05) is 0 Å². The van der Waals surface area contributed by atoms with E-state index in [1.165, 1.54) is 0 Å². The summed E-state index contributed by atoms with van der Waals surface area (Å²) in [5, 5.41) is 0. The summed E-state index contributed by atoms with van der Waals surface area (Å²) in [5.74, 6) is 5.86. The Balaban J connectivity index is 3.73. The van der Waals surface area contributed by atoms with Crippen LogP contribution in [-0.2, 0) is 10.8 Å². The van der Waals surface area contributed by atoms with Gasteiger partial charge in [-0.3, -0.25) is 9.63 Å². The number of nitrogens with zero attached hydrogens (tertiary/aromatic N) is 1. The fourth-order valence-corrected chi connectivity index (χ4v) is 1.35. The Labute approximate surface area is 75.0 Å². The van der Waals surface area contributed by atoms with Crippen LogP contribution in [0.1, 0.15) is 13.3 Å². The van der Waals surface area contributed by atoms with Gasteiger partial charge in [0.15, 0.2) is 0 Å². The lowest BCUT2D eigenvalue weighted by atomic mass is 10.3. The van der Waals surface area contributed by atoms with E-state index in [-0.39, 0.29) is 12.0 Å². The van der Waals surface area contributed by atoms with Gasteiger partial charge in [0.05, 0.1) is 6.04 Å². The quantitative estimate of drug-likeness (QED) is 0.229. The lowest BCUT2D eigenvalue weighted by Crippen LogP contribution is -2.38. The van der Waals surface area contributed by atoms with Crippen molar-refractivity contribution in [1.82, 2.24) is 5.43 Å². The van der Waals surface area contributed by atoms with Gasteiger partial charge < -0.3 is 5.73 Å². The summed E-state index contributed by atoms with van der Waals surface area (Å²) in [6.45, 7) is 1.90. The van der Waals surface area contributed by atoms with Crippen molar-refractivity contribution in [2.45, 2.75) is 19.4 Å². The normalized spacial score (nSPS) is 17.1. The van der Waals surface area contributed by atoms with Gasteiger partial charge in [0.2, 0.25) is 5.96 Å². The molecule has 0 spiro atoms. The Hall–Kier alpha value is -0.620. The highest BCUT2D eigenvalue weighted by Gasteiger charge is 2.01. The molecule has 0 fully saturated rings. The molecule has 0 aromatic heterocycles. The zero-order chi connectivity index (χ0) is 9.56. The third-order valence-corrected chi connectivity index (χ3v) is 2.14. The molecule has 0 aromatic carbocycles. The van der Waals surface area contributed by atoms with Crippen molar-refractivity contribution in [1.29, 1.82) is 0 Å². The van der Waals surface area contributed by atoms with Crippen molar-refractivity contribution < 1.29 is 4.21 Å². The molecule has 0 bridgehead atoms. The number of aliphatic imine (C=N–C) groups is 1. The van der Waals surface area contributed by atoms with Crippen LogP contribution >= 0.6 is 0 Å². The first kappa shape index (κ1) is 11.4. The molecular formula is C6H16N4OS. The summed E-state index contributed by atoms with van der Waals surface area (Å²) >= 11 is 0. The van der Waals surface area contributed by atoms with E-state index < -0.39 is 10.8 Å². The highest BCUT2D eigenvalue weighted by molar-refractivity contribution is 7.84. The molecule has 2 atom stereocenters. The molecule has 0 saturated carbocycles. The molecule has 12 heavy (non-hydrogen) atoms. The first-order valence-electron chi connectivity index (χ1n) is 3.66. The molecule has 5 nitrogen and oxygen atoms in total. The minimum atomic E-state index is -0.765. The lowest BCUT2D eigenvalue weighted by Gasteiger charge is -2.05. The summed E-state index contributed by atoms with van der Waals surface area (Å²) in [6, 6.07) is 0.0601. The van der Waals surface area contributed by atoms with E-state index in [2.05, 4.69) is 10.4 Å². The van der Waals surface area contributed by atoms with Gasteiger partial charge in [0.25, 0.3) is 0 Å². The van der Waals surface area contributed by atoms with Gasteiger partial charge in [0.1, 0.15) is 0 Å². The molecule has 0 amide bonds. The van der Waals surface area contributed by atoms with Crippen LogP contribution in [-0.4, -0.2) is 28.2 Å². The maximum absolute atomic E-state index is 10.7. The topological polar surface area (TPSA) is 93.5 Å². The maximum atomic E-state index is 10.7. The van der Waals surface area contributed by atoms with E-state index in [1.807, 2.05) is 6.92 Å². The smallest absolute Gasteiger partial charge is 0.203 e. The van der Waals surface area contributed by atoms with E-state index in [4.69, 9.17) is 11.6 Å². The molecule has 0 aliphatic rings. The Bertz CT molecular complexity index is 182. The van der Waals surface area contributed by atoms with Crippen LogP contribution in [0.3, 0.4) is 0 Å². The Morgan fingerprint density at radius 2 is 2.33 bits per heavy atom. The second-order valence-electron chi connectivity index (χ2n) is 2.57. The summed E-state index contributed by atoms with van der Waals surface area (Å²) < 4.78 is 10.7. The Morgan fingerprint density at radius 1 is 1.75 bits per heavy atom. The van der Waals surface area contributed by atoms with Gasteiger partial charge in [-0.05, 0) is 13.3 Å². The Kier molecular flexibility index (Phi) is 5.65. The first-order chi connectivity index (χ1) is 5.56. The zero-order valence-corrected chi connectivity index (χ0v) is 8.23. The van der Waals surface area contributed by atoms with Crippen molar-refractivity contribution in [3.63, 3.8) is 0 Å². The third-order valence-electron chi connectivity index (χ3n) is 1.33. The molecule has 0 aliphatic heterocycles. The highest BCUT2D eigenvalue weighted by atomic mass is 32.2. The van der Waals surface area contributed by atoms with Crippen LogP contribution in [0, 0.1) is 0 Å². The average molecular weight is 192 g/mol. The number of nitrogens with two attached hydrogens (primary N) is 2. The molecule has 72 valence electrons. The zero-order valence-electron chi connectivity index (χ0n) is 7.41. The predicted molar refractivity (Wildman–Crippen MR) is 52.0 cm³/mol. The maximum Gasteiger partial charge on any atom is 0.203 e. The summed E-state index contributed by atoms with van der Waals surface area (Å²) in [7, 11) is -0.765. The molecule has 0 rings (SSSR count). The number of hydrazine groups is 1. The third kappa shape index (κ3) is 6.11. The van der Waals surface area contributed by atoms with Crippen LogP contribution in [0.4, 0.5) is 0 Å². The van der Waals surface area contributed by atoms with Crippen molar-refractivity contribution in [3.8, 4) is 0 Å². The van der Waals surface area contributed by atoms with Crippen LogP contribution in [0.25, 0.3) is 0 Å². The van der Waals surface area contributed by atoms with Crippen LogP contribution < -0.4 is 17.0 Å². The number of guanidine groups is 1. The number of rotatable bonds is 4. The molecule has 0 radical (unpaired) electrons. The van der Waals surface area contributed by atoms with E-state index in [9.17, 15) is 4.21 Å². The summed E-state index contributed by atoms with van der Waals surface area (Å²) in [4.78, 5) is 3.99. The van der Waals surface area contributed by atoms with Gasteiger partial charge in [-0.15, -0.1) is 0 Å². The van der Waals surface area contributed by atoms with Gasteiger partial charge in [-0.2, -0.15) is 0 Å². The van der Waals surface area contributed by atoms with Gasteiger partial charge >= 0.3 is 0 Å². The molecule has 6 heteroatoms. The Morgan fingerprint density at radius 3 is 2.75 bits per heavy atom. The second-order valence-corrected chi connectivity index (χ2v) is 4.13. The van der Waals surface area contributed by atoms with E-state index in [1.54, 1.807) is 6.26 Å². The summed E-state index contributed by atoms with van der Waals surface area (Å²) in [5.41, 5.74) is 7.55. The van der Waals surface area contributed by atoms with Crippen LogP contribution in [0.15, 0.2) is 4.99 Å². The first-order valence-corrected chi connectivity index (χ1v) is 5.39. The molecule has 2 unspecified atom stereocenters. The van der Waals surface area contributed by atoms with Crippen molar-refractivity contribution in [3.05, 3.63) is 0 Å². The fourth-order valence-electron chi connectivity index (χ4n) is 0.676. The monoisotopic (exact) mass is 192 g/mol. The number of hydrogen-bond donors (Lipinski definition) is 3. The van der Waals surface area contributed by atoms with E-state index in [0.29, 0.717) is 5.75 Å². The molecule has 5 N–H and O–H groups in total. The molecule has 0 saturated heterocycles. The van der Waals surface area contributed by atoms with Gasteiger partial charge in [0, 0.05) is 22.8 Å². The molecule has 0 aromatic rings. The van der Waals surface area contributed by atoms with Gasteiger partial charge in [-0.25, -0.2) is 10.8 Å². The predicted octanol–water partition coefficient (Wildman–Crippen LogP) is -1.08. The number of hydrogen-bond acceptors (Lipinski definition) is 3. The molecular weight excluding hydrogens is 176 g/mol. The van der Waals surface area contributed by atoms with Crippen molar-refractivity contribution in [2.75, 3.05) is 12.0 Å². The lowest BCUT2D eigenvalue weighted by molar-refractivity contribution is 0.670. The van der Waals surface area contributed by atoms with Crippen molar-refractivity contribution >= 4 is 16.8 Å². The minimum Gasteiger partial charge on any atom is -0.369 e. The van der Waals surface area contributed by atoms with Crippen LogP contribution in [0.5, 0.6) is 0 Å².